The molecule has 0 spiro atoms. The molecule has 0 aromatic carbocycles. The number of aliphatic hydroxyl groups excluding tert-OH is 6. The van der Waals surface area contributed by atoms with Crippen molar-refractivity contribution in [1.29, 1.82) is 0 Å². The van der Waals surface area contributed by atoms with Crippen LogP contribution in [0.25, 0.3) is 0 Å². The Morgan fingerprint density at radius 1 is 0.833 bits per heavy atom. The predicted molar refractivity (Wildman–Crippen MR) is 54.4 cm³/mol. The second-order valence-electron chi connectivity index (χ2n) is 3.72. The maximum Gasteiger partial charge on any atom is 0.372 e. The molecule has 0 aliphatic carbocycles. The molecule has 5 atom stereocenters. The number of carboxylic acids is 1. The molecule has 0 aliphatic heterocycles. The molecule has 9 nitrogen and oxygen atoms in total. The normalized spacial score (nSPS) is 19.7. The molecule has 0 amide bonds. The van der Waals surface area contributed by atoms with E-state index in [0.29, 0.717) is 0 Å². The standard InChI is InChI=1S/C9H16O9/c10-2-5(13)7(15)8(16)6(14)3(11)1-4(12)9(17)18/h3,5-8,10-11,13-16H,1-2H2,(H,17,18)/t3-,5+,6+,7+,8+/m0/s1. The molecule has 0 heterocycles. The maximum atomic E-state index is 10.7. The van der Waals surface area contributed by atoms with Crippen LogP contribution in [0.15, 0.2) is 0 Å². The first-order valence-corrected chi connectivity index (χ1v) is 4.99. The van der Waals surface area contributed by atoms with E-state index in [0.717, 1.165) is 0 Å². The Hall–Kier alpha value is -1.10. The minimum absolute atomic E-state index is 0.894. The van der Waals surface area contributed by atoms with Crippen molar-refractivity contribution in [2.24, 2.45) is 0 Å². The monoisotopic (exact) mass is 268 g/mol. The smallest absolute Gasteiger partial charge is 0.372 e. The van der Waals surface area contributed by atoms with E-state index in [2.05, 4.69) is 0 Å². The van der Waals surface area contributed by atoms with Gasteiger partial charge in [-0.1, -0.05) is 0 Å². The zero-order chi connectivity index (χ0) is 14.5. The lowest BCUT2D eigenvalue weighted by atomic mass is 9.97. The maximum absolute atomic E-state index is 10.7. The van der Waals surface area contributed by atoms with Gasteiger partial charge in [0.05, 0.1) is 12.7 Å². The molecule has 0 aromatic heterocycles. The van der Waals surface area contributed by atoms with E-state index < -0.39 is 55.3 Å². The summed E-state index contributed by atoms with van der Waals surface area (Å²) in [6, 6.07) is 0. The van der Waals surface area contributed by atoms with Crippen molar-refractivity contribution >= 4 is 11.8 Å². The molecule has 0 unspecified atom stereocenters. The zero-order valence-corrected chi connectivity index (χ0v) is 9.25. The third kappa shape index (κ3) is 4.64. The molecule has 0 aliphatic rings. The average molecular weight is 268 g/mol. The predicted octanol–water partition coefficient (Wildman–Crippen LogP) is -4.17. The Bertz CT molecular complexity index is 292. The van der Waals surface area contributed by atoms with Crippen LogP contribution in [0, 0.1) is 0 Å². The number of hydrogen-bond acceptors (Lipinski definition) is 8. The lowest BCUT2D eigenvalue weighted by Crippen LogP contribution is -2.50. The molecular weight excluding hydrogens is 252 g/mol. The molecule has 0 saturated heterocycles. The molecule has 0 rings (SSSR count). The second kappa shape index (κ2) is 7.36. The highest BCUT2D eigenvalue weighted by Gasteiger charge is 2.35. The topological polar surface area (TPSA) is 176 Å². The highest BCUT2D eigenvalue weighted by Crippen LogP contribution is 2.11. The quantitative estimate of drug-likeness (QED) is 0.215. The van der Waals surface area contributed by atoms with Crippen LogP contribution in [0.3, 0.4) is 0 Å². The molecule has 0 bridgehead atoms. The Balaban J connectivity index is 4.49. The summed E-state index contributed by atoms with van der Waals surface area (Å²) in [4.78, 5) is 20.9. The minimum Gasteiger partial charge on any atom is -0.475 e. The van der Waals surface area contributed by atoms with Crippen LogP contribution in [-0.2, 0) is 9.59 Å². The highest BCUT2D eigenvalue weighted by molar-refractivity contribution is 6.32. The summed E-state index contributed by atoms with van der Waals surface area (Å²) in [5.41, 5.74) is 0. The first-order chi connectivity index (χ1) is 8.22. The van der Waals surface area contributed by atoms with Gasteiger partial charge >= 0.3 is 5.97 Å². The van der Waals surface area contributed by atoms with Crippen LogP contribution in [0.4, 0.5) is 0 Å². The zero-order valence-electron chi connectivity index (χ0n) is 9.25. The lowest BCUT2D eigenvalue weighted by molar-refractivity contribution is -0.155. The summed E-state index contributed by atoms with van der Waals surface area (Å²) < 4.78 is 0. The van der Waals surface area contributed by atoms with Crippen LogP contribution in [0.5, 0.6) is 0 Å². The van der Waals surface area contributed by atoms with Gasteiger partial charge in [-0.2, -0.15) is 0 Å². The number of rotatable bonds is 8. The number of carboxylic acid groups (broad SMARTS) is 1. The largest absolute Gasteiger partial charge is 0.475 e. The fourth-order valence-corrected chi connectivity index (χ4v) is 1.16. The number of carbonyl (C=O) groups is 2. The van der Waals surface area contributed by atoms with Crippen LogP contribution in [0.2, 0.25) is 0 Å². The van der Waals surface area contributed by atoms with Gasteiger partial charge in [-0.3, -0.25) is 4.79 Å². The Kier molecular flexibility index (Phi) is 6.91. The summed E-state index contributed by atoms with van der Waals surface area (Å²) in [5, 5.41) is 62.9. The van der Waals surface area contributed by atoms with E-state index in [1.807, 2.05) is 0 Å². The number of aliphatic carboxylic acids is 1. The fraction of sp³-hybridized carbons (Fsp3) is 0.778. The van der Waals surface area contributed by atoms with Gasteiger partial charge in [-0.25, -0.2) is 4.79 Å². The summed E-state index contributed by atoms with van der Waals surface area (Å²) in [6.45, 7) is -0.894. The lowest BCUT2D eigenvalue weighted by Gasteiger charge is -2.28. The summed E-state index contributed by atoms with van der Waals surface area (Å²) >= 11 is 0. The third-order valence-corrected chi connectivity index (χ3v) is 2.31. The number of aliphatic hydroxyl groups is 6. The van der Waals surface area contributed by atoms with Gasteiger partial charge in [-0.15, -0.1) is 0 Å². The molecule has 0 aromatic rings. The molecule has 9 heteroatoms. The average Bonchev–Trinajstić information content (AvgIpc) is 2.34. The van der Waals surface area contributed by atoms with Crippen LogP contribution < -0.4 is 0 Å². The van der Waals surface area contributed by atoms with Crippen LogP contribution in [0.1, 0.15) is 6.42 Å². The first kappa shape index (κ1) is 16.9. The van der Waals surface area contributed by atoms with E-state index in [-0.39, 0.29) is 0 Å². The molecule has 0 saturated carbocycles. The van der Waals surface area contributed by atoms with E-state index in [1.54, 1.807) is 0 Å². The van der Waals surface area contributed by atoms with Gasteiger partial charge in [0.2, 0.25) is 5.78 Å². The number of ketones is 1. The molecule has 0 fully saturated rings. The minimum atomic E-state index is -2.05. The van der Waals surface area contributed by atoms with Crippen molar-refractivity contribution in [1.82, 2.24) is 0 Å². The molecular formula is C9H16O9. The second-order valence-corrected chi connectivity index (χ2v) is 3.72. The SMILES string of the molecule is O=C(O)C(=O)C[C@H](O)[C@@H](O)[C@@H](O)[C@H](O)[C@H](O)CO. The Labute approximate surface area is 102 Å². The van der Waals surface area contributed by atoms with Gasteiger partial charge in [0.15, 0.2) is 0 Å². The summed E-state index contributed by atoms with van der Waals surface area (Å²) in [5.74, 6) is -3.20. The summed E-state index contributed by atoms with van der Waals surface area (Å²) in [7, 11) is 0. The van der Waals surface area contributed by atoms with Gasteiger partial charge in [0, 0.05) is 6.42 Å². The fourth-order valence-electron chi connectivity index (χ4n) is 1.16. The highest BCUT2D eigenvalue weighted by atomic mass is 16.4. The number of hydrogen-bond donors (Lipinski definition) is 7. The van der Waals surface area contributed by atoms with E-state index in [1.165, 1.54) is 0 Å². The molecule has 7 N–H and O–H groups in total. The third-order valence-electron chi connectivity index (χ3n) is 2.31. The van der Waals surface area contributed by atoms with E-state index in [4.69, 9.17) is 15.3 Å². The van der Waals surface area contributed by atoms with Crippen molar-refractivity contribution < 1.29 is 45.3 Å². The molecule has 0 radical (unpaired) electrons. The van der Waals surface area contributed by atoms with E-state index in [9.17, 15) is 30.0 Å². The molecule has 18 heavy (non-hydrogen) atoms. The first-order valence-electron chi connectivity index (χ1n) is 4.99. The van der Waals surface area contributed by atoms with Gasteiger partial charge in [0.1, 0.15) is 24.4 Å². The van der Waals surface area contributed by atoms with Crippen molar-refractivity contribution in [3.63, 3.8) is 0 Å². The van der Waals surface area contributed by atoms with Crippen molar-refractivity contribution in [3.05, 3.63) is 0 Å². The number of Topliss-reactive ketones (excluding diaryl/α,β-unsaturated/α-hetero) is 1. The van der Waals surface area contributed by atoms with Gasteiger partial charge in [-0.05, 0) is 0 Å². The van der Waals surface area contributed by atoms with Crippen molar-refractivity contribution in [3.8, 4) is 0 Å². The Morgan fingerprint density at radius 2 is 1.28 bits per heavy atom. The molecule has 106 valence electrons. The Morgan fingerprint density at radius 3 is 1.67 bits per heavy atom. The van der Waals surface area contributed by atoms with Gasteiger partial charge < -0.3 is 35.7 Å². The van der Waals surface area contributed by atoms with Crippen molar-refractivity contribution in [2.45, 2.75) is 36.9 Å². The van der Waals surface area contributed by atoms with Crippen LogP contribution >= 0.6 is 0 Å². The van der Waals surface area contributed by atoms with Gasteiger partial charge in [0.25, 0.3) is 0 Å². The van der Waals surface area contributed by atoms with Crippen molar-refractivity contribution in [2.75, 3.05) is 6.61 Å². The number of carbonyl (C=O) groups excluding carboxylic acids is 1. The van der Waals surface area contributed by atoms with Crippen LogP contribution in [-0.4, -0.2) is 84.6 Å². The van der Waals surface area contributed by atoms with E-state index >= 15 is 0 Å². The summed E-state index contributed by atoms with van der Waals surface area (Å²) in [6.07, 6.45) is -10.7.